The molecule has 2 rings (SSSR count). The highest BCUT2D eigenvalue weighted by Crippen LogP contribution is 2.21. The molecule has 2 nitrogen and oxygen atoms in total. The lowest BCUT2D eigenvalue weighted by atomic mass is 9.95. The van der Waals surface area contributed by atoms with Gasteiger partial charge in [-0.25, -0.2) is 0 Å². The van der Waals surface area contributed by atoms with Crippen molar-refractivity contribution in [2.75, 3.05) is 0 Å². The van der Waals surface area contributed by atoms with Gasteiger partial charge in [-0.2, -0.15) is 0 Å². The fourth-order valence-corrected chi connectivity index (χ4v) is 3.17. The van der Waals surface area contributed by atoms with Gasteiger partial charge >= 0.3 is 0 Å². The second kappa shape index (κ2) is 8.83. The highest BCUT2D eigenvalue weighted by atomic mass is 16.3. The summed E-state index contributed by atoms with van der Waals surface area (Å²) in [5.41, 5.74) is 3.11. The van der Waals surface area contributed by atoms with Crippen LogP contribution in [0.25, 0.3) is 0 Å². The topological polar surface area (TPSA) is 40.5 Å². The molecule has 0 unspecified atom stereocenters. The van der Waals surface area contributed by atoms with Crippen LogP contribution >= 0.6 is 0 Å². The third kappa shape index (κ3) is 6.59. The third-order valence-electron chi connectivity index (χ3n) is 5.00. The Kier molecular flexibility index (Phi) is 7.02. The minimum atomic E-state index is -0.760. The number of aliphatic hydroxyl groups is 2. The highest BCUT2D eigenvalue weighted by molar-refractivity contribution is 5.27. The molecular weight excluding hydrogens is 320 g/mol. The van der Waals surface area contributed by atoms with Crippen molar-refractivity contribution in [1.82, 2.24) is 0 Å². The number of hydrogen-bond donors (Lipinski definition) is 2. The fourth-order valence-electron chi connectivity index (χ4n) is 3.17. The molecule has 0 aliphatic heterocycles. The van der Waals surface area contributed by atoms with Gasteiger partial charge in [0.25, 0.3) is 0 Å². The maximum atomic E-state index is 9.99. The average Bonchev–Trinajstić information content (AvgIpc) is 2.57. The number of hydrogen-bond acceptors (Lipinski definition) is 2. The van der Waals surface area contributed by atoms with Gasteiger partial charge in [-0.05, 0) is 75.6 Å². The van der Waals surface area contributed by atoms with Crippen molar-refractivity contribution in [2.24, 2.45) is 0 Å². The zero-order valence-corrected chi connectivity index (χ0v) is 16.8. The Morgan fingerprint density at radius 1 is 0.538 bits per heavy atom. The maximum Gasteiger partial charge on any atom is 0.0840 e. The van der Waals surface area contributed by atoms with Gasteiger partial charge < -0.3 is 10.2 Å². The molecule has 2 heteroatoms. The van der Waals surface area contributed by atoms with Crippen LogP contribution in [-0.2, 0) is 24.0 Å². The van der Waals surface area contributed by atoms with Gasteiger partial charge in [0.2, 0.25) is 0 Å². The summed E-state index contributed by atoms with van der Waals surface area (Å²) < 4.78 is 0. The molecule has 0 fully saturated rings. The monoisotopic (exact) mass is 354 g/mol. The van der Waals surface area contributed by atoms with Crippen molar-refractivity contribution >= 4 is 0 Å². The first-order valence-corrected chi connectivity index (χ1v) is 9.80. The zero-order chi connectivity index (χ0) is 19.2. The van der Waals surface area contributed by atoms with Crippen LogP contribution < -0.4 is 0 Å². The predicted molar refractivity (Wildman–Crippen MR) is 109 cm³/mol. The SMILES string of the molecule is CC(C)(O)c1ccc(CCCCCCc2ccc(C(C)(C)O)cc2)cc1. The Morgan fingerprint density at radius 3 is 1.12 bits per heavy atom. The van der Waals surface area contributed by atoms with Crippen LogP contribution in [0.1, 0.15) is 75.6 Å². The smallest absolute Gasteiger partial charge is 0.0840 e. The third-order valence-corrected chi connectivity index (χ3v) is 5.00. The quantitative estimate of drug-likeness (QED) is 0.585. The van der Waals surface area contributed by atoms with E-state index in [0.29, 0.717) is 0 Å². The molecule has 2 aromatic rings. The lowest BCUT2D eigenvalue weighted by Gasteiger charge is -2.18. The van der Waals surface area contributed by atoms with Gasteiger partial charge in [0, 0.05) is 0 Å². The molecule has 0 spiro atoms. The molecule has 2 aromatic carbocycles. The van der Waals surface area contributed by atoms with Gasteiger partial charge in [0.05, 0.1) is 11.2 Å². The normalized spacial score (nSPS) is 12.4. The summed E-state index contributed by atoms with van der Waals surface area (Å²) >= 11 is 0. The van der Waals surface area contributed by atoms with E-state index >= 15 is 0 Å². The van der Waals surface area contributed by atoms with Crippen molar-refractivity contribution < 1.29 is 10.2 Å². The number of benzene rings is 2. The number of unbranched alkanes of at least 4 members (excludes halogenated alkanes) is 3. The van der Waals surface area contributed by atoms with Crippen molar-refractivity contribution in [2.45, 2.75) is 77.4 Å². The molecule has 0 saturated heterocycles. The van der Waals surface area contributed by atoms with Crippen LogP contribution in [0.2, 0.25) is 0 Å². The Balaban J connectivity index is 1.65. The lowest BCUT2D eigenvalue weighted by molar-refractivity contribution is 0.0780. The van der Waals surface area contributed by atoms with E-state index in [1.807, 2.05) is 52.0 Å². The molecule has 0 heterocycles. The van der Waals surface area contributed by atoms with Crippen molar-refractivity contribution in [3.63, 3.8) is 0 Å². The van der Waals surface area contributed by atoms with Crippen molar-refractivity contribution in [1.29, 1.82) is 0 Å². The van der Waals surface area contributed by atoms with Crippen molar-refractivity contribution in [3.8, 4) is 0 Å². The average molecular weight is 355 g/mol. The molecule has 0 amide bonds. The van der Waals surface area contributed by atoms with Gasteiger partial charge in [-0.1, -0.05) is 61.4 Å². The highest BCUT2D eigenvalue weighted by Gasteiger charge is 2.15. The number of rotatable bonds is 9. The van der Waals surface area contributed by atoms with Gasteiger partial charge in [-0.15, -0.1) is 0 Å². The minimum absolute atomic E-state index is 0.760. The molecule has 0 saturated carbocycles. The van der Waals surface area contributed by atoms with Crippen LogP contribution in [-0.4, -0.2) is 10.2 Å². The van der Waals surface area contributed by atoms with Crippen LogP contribution in [0.5, 0.6) is 0 Å². The predicted octanol–water partition coefficient (Wildman–Crippen LogP) is 5.49. The summed E-state index contributed by atoms with van der Waals surface area (Å²) in [6.45, 7) is 7.28. The Bertz CT molecular complexity index is 594. The molecule has 0 atom stereocenters. The number of aryl methyl sites for hydroxylation is 2. The summed E-state index contributed by atoms with van der Waals surface area (Å²) in [5, 5.41) is 20.0. The molecule has 0 bridgehead atoms. The fraction of sp³-hybridized carbons (Fsp3) is 0.500. The van der Waals surface area contributed by atoms with E-state index in [-0.39, 0.29) is 0 Å². The van der Waals surface area contributed by atoms with E-state index in [1.54, 1.807) is 0 Å². The molecule has 0 aromatic heterocycles. The Hall–Kier alpha value is -1.64. The molecule has 142 valence electrons. The Morgan fingerprint density at radius 2 is 0.846 bits per heavy atom. The van der Waals surface area contributed by atoms with Crippen molar-refractivity contribution in [3.05, 3.63) is 70.8 Å². The maximum absolute atomic E-state index is 9.99. The van der Waals surface area contributed by atoms with E-state index in [1.165, 1.54) is 36.8 Å². The van der Waals surface area contributed by atoms with Gasteiger partial charge in [0.1, 0.15) is 0 Å². The molecular formula is C24H34O2. The second-order valence-corrected chi connectivity index (χ2v) is 8.43. The first-order valence-electron chi connectivity index (χ1n) is 9.80. The molecule has 2 N–H and O–H groups in total. The molecule has 0 aliphatic carbocycles. The summed E-state index contributed by atoms with van der Waals surface area (Å²) in [4.78, 5) is 0. The molecule has 0 aliphatic rings. The van der Waals surface area contributed by atoms with Gasteiger partial charge in [0.15, 0.2) is 0 Å². The molecule has 26 heavy (non-hydrogen) atoms. The largest absolute Gasteiger partial charge is 0.386 e. The summed E-state index contributed by atoms with van der Waals surface area (Å²) in [6.07, 6.45) is 7.11. The summed E-state index contributed by atoms with van der Waals surface area (Å²) in [5.74, 6) is 0. The lowest BCUT2D eigenvalue weighted by Crippen LogP contribution is -2.15. The van der Waals surface area contributed by atoms with Crippen LogP contribution in [0.4, 0.5) is 0 Å². The van der Waals surface area contributed by atoms with E-state index in [4.69, 9.17) is 0 Å². The molecule has 0 radical (unpaired) electrons. The van der Waals surface area contributed by atoms with Crippen LogP contribution in [0.15, 0.2) is 48.5 Å². The van der Waals surface area contributed by atoms with Gasteiger partial charge in [-0.3, -0.25) is 0 Å². The van der Waals surface area contributed by atoms with E-state index in [9.17, 15) is 10.2 Å². The Labute approximate surface area is 158 Å². The van der Waals surface area contributed by atoms with E-state index in [2.05, 4.69) is 24.3 Å². The first-order chi connectivity index (χ1) is 12.2. The van der Waals surface area contributed by atoms with Crippen LogP contribution in [0, 0.1) is 0 Å². The minimum Gasteiger partial charge on any atom is -0.386 e. The van der Waals surface area contributed by atoms with E-state index in [0.717, 1.165) is 24.0 Å². The zero-order valence-electron chi connectivity index (χ0n) is 16.8. The standard InChI is InChI=1S/C24H34O2/c1-23(2,25)21-15-11-19(12-16-21)9-7-5-6-8-10-20-13-17-22(18-14-20)24(3,4)26/h11-18,25-26H,5-10H2,1-4H3. The second-order valence-electron chi connectivity index (χ2n) is 8.43. The van der Waals surface area contributed by atoms with E-state index < -0.39 is 11.2 Å². The first kappa shape index (κ1) is 20.7. The van der Waals surface area contributed by atoms with Crippen LogP contribution in [0.3, 0.4) is 0 Å². The summed E-state index contributed by atoms with van der Waals surface area (Å²) in [6, 6.07) is 16.7. The summed E-state index contributed by atoms with van der Waals surface area (Å²) in [7, 11) is 0.